The van der Waals surface area contributed by atoms with Crippen molar-refractivity contribution in [3.63, 3.8) is 0 Å². The second-order valence-corrected chi connectivity index (χ2v) is 5.70. The fourth-order valence-electron chi connectivity index (χ4n) is 2.39. The number of hydrogen-bond donors (Lipinski definition) is 0. The molecule has 0 N–H and O–H groups in total. The Morgan fingerprint density at radius 2 is 2.10 bits per heavy atom. The lowest BCUT2D eigenvalue weighted by atomic mass is 10.2. The summed E-state index contributed by atoms with van der Waals surface area (Å²) < 4.78 is 7.42. The van der Waals surface area contributed by atoms with Crippen LogP contribution in [0.3, 0.4) is 0 Å². The van der Waals surface area contributed by atoms with Crippen LogP contribution in [0.4, 0.5) is 0 Å². The summed E-state index contributed by atoms with van der Waals surface area (Å²) in [7, 11) is 1.74. The van der Waals surface area contributed by atoms with E-state index in [0.717, 1.165) is 18.7 Å². The molecule has 5 heteroatoms. The van der Waals surface area contributed by atoms with Crippen molar-refractivity contribution in [2.24, 2.45) is 13.0 Å². The molecule has 0 radical (unpaired) electrons. The first-order valence-electron chi connectivity index (χ1n) is 7.01. The molecule has 1 fully saturated rings. The molecule has 2 heterocycles. The highest BCUT2D eigenvalue weighted by molar-refractivity contribution is 5.78. The lowest BCUT2D eigenvalue weighted by Gasteiger charge is -2.19. The molecule has 0 bridgehead atoms. The summed E-state index contributed by atoms with van der Waals surface area (Å²) in [6.45, 7) is 7.01. The molecule has 110 valence electrons. The first-order valence-corrected chi connectivity index (χ1v) is 7.01. The average Bonchev–Trinajstić information content (AvgIpc) is 2.83. The SMILES string of the molecule is Cc1cc(OC2CCN(C(=O)C(C)C)C2)cc(=O)n1C. The molecule has 0 saturated carbocycles. The van der Waals surface area contributed by atoms with Gasteiger partial charge >= 0.3 is 0 Å². The summed E-state index contributed by atoms with van der Waals surface area (Å²) >= 11 is 0. The number of carbonyl (C=O) groups is 1. The van der Waals surface area contributed by atoms with Crippen LogP contribution in [0.25, 0.3) is 0 Å². The van der Waals surface area contributed by atoms with Crippen LogP contribution in [0.5, 0.6) is 5.75 Å². The molecule has 1 aliphatic heterocycles. The predicted molar refractivity (Wildman–Crippen MR) is 76.9 cm³/mol. The highest BCUT2D eigenvalue weighted by Crippen LogP contribution is 2.19. The van der Waals surface area contributed by atoms with E-state index in [1.54, 1.807) is 11.6 Å². The van der Waals surface area contributed by atoms with Crippen LogP contribution in [0, 0.1) is 12.8 Å². The normalized spacial score (nSPS) is 18.6. The number of likely N-dealkylation sites (tertiary alicyclic amines) is 1. The number of carbonyl (C=O) groups excluding carboxylic acids is 1. The molecule has 5 nitrogen and oxygen atoms in total. The monoisotopic (exact) mass is 278 g/mol. The van der Waals surface area contributed by atoms with Gasteiger partial charge in [-0.1, -0.05) is 13.8 Å². The van der Waals surface area contributed by atoms with Crippen LogP contribution < -0.4 is 10.3 Å². The van der Waals surface area contributed by atoms with Crippen LogP contribution in [-0.2, 0) is 11.8 Å². The number of rotatable bonds is 3. The van der Waals surface area contributed by atoms with E-state index < -0.39 is 0 Å². The Bertz CT molecular complexity index is 563. The highest BCUT2D eigenvalue weighted by atomic mass is 16.5. The van der Waals surface area contributed by atoms with Crippen LogP contribution in [0.15, 0.2) is 16.9 Å². The van der Waals surface area contributed by atoms with E-state index in [1.807, 2.05) is 31.7 Å². The van der Waals surface area contributed by atoms with Crippen molar-refractivity contribution < 1.29 is 9.53 Å². The fourth-order valence-corrected chi connectivity index (χ4v) is 2.39. The van der Waals surface area contributed by atoms with E-state index in [0.29, 0.717) is 12.3 Å². The lowest BCUT2D eigenvalue weighted by Crippen LogP contribution is -2.34. The van der Waals surface area contributed by atoms with Gasteiger partial charge in [0.15, 0.2) is 0 Å². The molecular formula is C15H22N2O3. The Kier molecular flexibility index (Phi) is 4.16. The van der Waals surface area contributed by atoms with Crippen molar-refractivity contribution in [3.8, 4) is 5.75 Å². The Balaban J connectivity index is 2.02. The van der Waals surface area contributed by atoms with E-state index in [-0.39, 0.29) is 23.5 Å². The van der Waals surface area contributed by atoms with Gasteiger partial charge in [0, 0.05) is 37.7 Å². The first-order chi connectivity index (χ1) is 9.38. The van der Waals surface area contributed by atoms with Crippen molar-refractivity contribution in [1.82, 2.24) is 9.47 Å². The Morgan fingerprint density at radius 1 is 1.40 bits per heavy atom. The smallest absolute Gasteiger partial charge is 0.254 e. The van der Waals surface area contributed by atoms with Crippen molar-refractivity contribution in [3.05, 3.63) is 28.2 Å². The molecule has 1 unspecified atom stereocenters. The maximum atomic E-state index is 11.9. The average molecular weight is 278 g/mol. The summed E-state index contributed by atoms with van der Waals surface area (Å²) in [5, 5.41) is 0. The molecule has 0 aliphatic carbocycles. The molecule has 1 aliphatic rings. The van der Waals surface area contributed by atoms with Gasteiger partial charge in [0.25, 0.3) is 5.56 Å². The molecule has 0 aromatic carbocycles. The van der Waals surface area contributed by atoms with E-state index in [2.05, 4.69) is 0 Å². The third-order valence-corrected chi connectivity index (χ3v) is 3.73. The van der Waals surface area contributed by atoms with Crippen LogP contribution in [0.1, 0.15) is 26.0 Å². The van der Waals surface area contributed by atoms with E-state index >= 15 is 0 Å². The molecule has 1 aromatic heterocycles. The second-order valence-electron chi connectivity index (χ2n) is 5.70. The van der Waals surface area contributed by atoms with Crippen molar-refractivity contribution >= 4 is 5.91 Å². The largest absolute Gasteiger partial charge is 0.488 e. The Morgan fingerprint density at radius 3 is 2.70 bits per heavy atom. The number of aromatic nitrogens is 1. The molecule has 1 amide bonds. The molecule has 1 aromatic rings. The van der Waals surface area contributed by atoms with Gasteiger partial charge in [-0.3, -0.25) is 9.59 Å². The van der Waals surface area contributed by atoms with Crippen molar-refractivity contribution in [2.75, 3.05) is 13.1 Å². The van der Waals surface area contributed by atoms with Gasteiger partial charge < -0.3 is 14.2 Å². The minimum absolute atomic E-state index is 0.0139. The standard InChI is InChI=1S/C15H22N2O3/c1-10(2)15(19)17-6-5-12(9-17)20-13-7-11(3)16(4)14(18)8-13/h7-8,10,12H,5-6,9H2,1-4H3. The summed E-state index contributed by atoms with van der Waals surface area (Å²) in [6, 6.07) is 3.36. The zero-order valence-electron chi connectivity index (χ0n) is 12.5. The van der Waals surface area contributed by atoms with E-state index in [1.165, 1.54) is 6.07 Å². The van der Waals surface area contributed by atoms with Gasteiger partial charge in [0.1, 0.15) is 11.9 Å². The molecule has 1 saturated heterocycles. The molecule has 1 atom stereocenters. The number of hydrogen-bond acceptors (Lipinski definition) is 3. The molecular weight excluding hydrogens is 256 g/mol. The second kappa shape index (κ2) is 5.69. The highest BCUT2D eigenvalue weighted by Gasteiger charge is 2.28. The molecule has 2 rings (SSSR count). The molecule has 20 heavy (non-hydrogen) atoms. The van der Waals surface area contributed by atoms with Crippen LogP contribution >= 0.6 is 0 Å². The minimum Gasteiger partial charge on any atom is -0.488 e. The minimum atomic E-state index is -0.0758. The number of pyridine rings is 1. The number of aryl methyl sites for hydroxylation is 1. The third-order valence-electron chi connectivity index (χ3n) is 3.73. The van der Waals surface area contributed by atoms with Gasteiger partial charge in [0.2, 0.25) is 5.91 Å². The van der Waals surface area contributed by atoms with Gasteiger partial charge in [-0.05, 0) is 13.0 Å². The van der Waals surface area contributed by atoms with Crippen LogP contribution in [0.2, 0.25) is 0 Å². The zero-order chi connectivity index (χ0) is 14.9. The van der Waals surface area contributed by atoms with Crippen molar-refractivity contribution in [2.45, 2.75) is 33.3 Å². The Labute approximate surface area is 119 Å². The van der Waals surface area contributed by atoms with Gasteiger partial charge in [-0.2, -0.15) is 0 Å². The summed E-state index contributed by atoms with van der Waals surface area (Å²) in [4.78, 5) is 25.5. The number of ether oxygens (including phenoxy) is 1. The summed E-state index contributed by atoms with van der Waals surface area (Å²) in [5.41, 5.74) is 0.786. The Hall–Kier alpha value is -1.78. The van der Waals surface area contributed by atoms with Crippen molar-refractivity contribution in [1.29, 1.82) is 0 Å². The van der Waals surface area contributed by atoms with E-state index in [4.69, 9.17) is 4.74 Å². The lowest BCUT2D eigenvalue weighted by molar-refractivity contribution is -0.133. The van der Waals surface area contributed by atoms with E-state index in [9.17, 15) is 9.59 Å². The number of amides is 1. The summed E-state index contributed by atoms with van der Waals surface area (Å²) in [6.07, 6.45) is 0.788. The topological polar surface area (TPSA) is 51.5 Å². The predicted octanol–water partition coefficient (Wildman–Crippen LogP) is 1.33. The van der Waals surface area contributed by atoms with Gasteiger partial charge in [-0.15, -0.1) is 0 Å². The first kappa shape index (κ1) is 14.6. The third kappa shape index (κ3) is 3.03. The maximum Gasteiger partial charge on any atom is 0.254 e. The van der Waals surface area contributed by atoms with Gasteiger partial charge in [0.05, 0.1) is 6.54 Å². The molecule has 0 spiro atoms. The fraction of sp³-hybridized carbons (Fsp3) is 0.600. The van der Waals surface area contributed by atoms with Gasteiger partial charge in [-0.25, -0.2) is 0 Å². The number of nitrogens with zero attached hydrogens (tertiary/aromatic N) is 2. The van der Waals surface area contributed by atoms with Crippen LogP contribution in [-0.4, -0.2) is 34.6 Å². The summed E-state index contributed by atoms with van der Waals surface area (Å²) in [5.74, 6) is 0.769. The maximum absolute atomic E-state index is 11.9. The zero-order valence-corrected chi connectivity index (χ0v) is 12.5. The quantitative estimate of drug-likeness (QED) is 0.838.